The van der Waals surface area contributed by atoms with Gasteiger partial charge in [0.2, 0.25) is 0 Å². The van der Waals surface area contributed by atoms with Gasteiger partial charge in [-0.15, -0.1) is 11.3 Å². The summed E-state index contributed by atoms with van der Waals surface area (Å²) < 4.78 is 27.2. The maximum Gasteiger partial charge on any atom is 0.407 e. The molecule has 0 bridgehead atoms. The number of Topliss-reactive ketones (excluding diaryl/α,β-unsaturated/α-hetero) is 1. The van der Waals surface area contributed by atoms with E-state index in [1.807, 2.05) is 39.1 Å². The number of benzene rings is 1. The van der Waals surface area contributed by atoms with Crippen LogP contribution in [0, 0.1) is 11.7 Å². The number of likely N-dealkylation sites (tertiary alicyclic amines) is 1. The van der Waals surface area contributed by atoms with Crippen LogP contribution in [0.4, 0.5) is 9.18 Å². The van der Waals surface area contributed by atoms with E-state index in [2.05, 4.69) is 21.3 Å². The number of rotatable bonds is 10. The number of amides is 1. The van der Waals surface area contributed by atoms with E-state index in [9.17, 15) is 14.0 Å². The standard InChI is InChI=1S/C35H39FN4O4S/c1-35(2,3)44-34(42)39-25-11-14-40(15-12-25)21-24-6-8-28(38-20-24)32-19-29-33(45-32)31(10-13-37-29)43-30-9-7-23(18-27(30)36)17-26(41)16-22-4-5-22/h6-10,13,18-20,22,25H,4-5,11-12,14-17,21H2,1-3H3,(H,39,42). The number of piperidine rings is 1. The largest absolute Gasteiger partial charge is 0.453 e. The number of halogens is 1. The highest BCUT2D eigenvalue weighted by Gasteiger charge is 2.25. The van der Waals surface area contributed by atoms with Crippen molar-refractivity contribution in [1.82, 2.24) is 20.2 Å². The first kappa shape index (κ1) is 31.1. The maximum absolute atomic E-state index is 15.0. The van der Waals surface area contributed by atoms with Gasteiger partial charge in [-0.25, -0.2) is 9.18 Å². The Hall–Kier alpha value is -3.89. The molecule has 0 spiro atoms. The molecule has 4 heterocycles. The van der Waals surface area contributed by atoms with Crippen LogP contribution in [0.3, 0.4) is 0 Å². The van der Waals surface area contributed by atoms with E-state index in [-0.39, 0.29) is 30.1 Å². The zero-order valence-electron chi connectivity index (χ0n) is 26.0. The van der Waals surface area contributed by atoms with Crippen molar-refractivity contribution < 1.29 is 23.5 Å². The van der Waals surface area contributed by atoms with E-state index in [0.29, 0.717) is 23.7 Å². The molecular weight excluding hydrogens is 591 g/mol. The number of aromatic nitrogens is 2. The molecule has 2 aliphatic rings. The van der Waals surface area contributed by atoms with E-state index in [4.69, 9.17) is 14.5 Å². The van der Waals surface area contributed by atoms with Crippen LogP contribution in [0.5, 0.6) is 11.5 Å². The van der Waals surface area contributed by atoms with Gasteiger partial charge in [0.05, 0.1) is 20.8 Å². The van der Waals surface area contributed by atoms with Crippen molar-refractivity contribution in [3.63, 3.8) is 0 Å². The Labute approximate surface area is 267 Å². The Morgan fingerprint density at radius 3 is 2.47 bits per heavy atom. The van der Waals surface area contributed by atoms with Crippen LogP contribution in [0.2, 0.25) is 0 Å². The lowest BCUT2D eigenvalue weighted by Gasteiger charge is -2.32. The molecule has 1 saturated carbocycles. The Morgan fingerprint density at radius 2 is 1.78 bits per heavy atom. The number of alkyl carbamates (subject to hydrolysis) is 1. The first-order valence-electron chi connectivity index (χ1n) is 15.6. The number of pyridine rings is 2. The van der Waals surface area contributed by atoms with Gasteiger partial charge in [-0.2, -0.15) is 0 Å². The zero-order chi connectivity index (χ0) is 31.6. The van der Waals surface area contributed by atoms with Crippen LogP contribution in [0.25, 0.3) is 20.8 Å². The fraction of sp³-hybridized carbons (Fsp3) is 0.429. The predicted octanol–water partition coefficient (Wildman–Crippen LogP) is 7.69. The van der Waals surface area contributed by atoms with Crippen LogP contribution in [0.1, 0.15) is 64.0 Å². The van der Waals surface area contributed by atoms with Gasteiger partial charge < -0.3 is 14.8 Å². The number of carbonyl (C=O) groups excluding carboxylic acids is 2. The topological polar surface area (TPSA) is 93.6 Å². The van der Waals surface area contributed by atoms with Crippen molar-refractivity contribution in [1.29, 1.82) is 0 Å². The number of hydrogen-bond acceptors (Lipinski definition) is 8. The third-order valence-corrected chi connectivity index (χ3v) is 9.16. The maximum atomic E-state index is 15.0. The molecule has 4 aromatic rings. The fourth-order valence-electron chi connectivity index (χ4n) is 5.55. The molecule has 236 valence electrons. The summed E-state index contributed by atoms with van der Waals surface area (Å²) in [5.74, 6) is 0.822. The summed E-state index contributed by atoms with van der Waals surface area (Å²) in [7, 11) is 0. The summed E-state index contributed by atoms with van der Waals surface area (Å²) in [4.78, 5) is 36.9. The molecule has 1 aliphatic carbocycles. The normalized spacial score (nSPS) is 16.1. The Balaban J connectivity index is 1.06. The highest BCUT2D eigenvalue weighted by Crippen LogP contribution is 2.39. The van der Waals surface area contributed by atoms with Gasteiger partial charge in [0.25, 0.3) is 0 Å². The summed E-state index contributed by atoms with van der Waals surface area (Å²) in [5.41, 5.74) is 2.87. The van der Waals surface area contributed by atoms with Gasteiger partial charge in [0, 0.05) is 57.0 Å². The number of thiophene rings is 1. The second kappa shape index (κ2) is 13.2. The molecule has 45 heavy (non-hydrogen) atoms. The van der Waals surface area contributed by atoms with Gasteiger partial charge in [-0.3, -0.25) is 19.7 Å². The molecule has 1 amide bonds. The lowest BCUT2D eigenvalue weighted by atomic mass is 10.0. The molecule has 1 aliphatic heterocycles. The van der Waals surface area contributed by atoms with E-state index >= 15 is 0 Å². The lowest BCUT2D eigenvalue weighted by Crippen LogP contribution is -2.45. The summed E-state index contributed by atoms with van der Waals surface area (Å²) in [6, 6.07) is 12.7. The van der Waals surface area contributed by atoms with E-state index in [1.54, 1.807) is 24.4 Å². The van der Waals surface area contributed by atoms with Crippen LogP contribution in [0.15, 0.2) is 54.9 Å². The van der Waals surface area contributed by atoms with Crippen LogP contribution in [-0.2, 0) is 22.5 Å². The summed E-state index contributed by atoms with van der Waals surface area (Å²) in [6.07, 6.45) is 8.03. The Bertz CT molecular complexity index is 1670. The molecule has 6 rings (SSSR count). The van der Waals surface area contributed by atoms with Gasteiger partial charge >= 0.3 is 6.09 Å². The molecular formula is C35H39FN4O4S. The smallest absolute Gasteiger partial charge is 0.407 e. The molecule has 1 aromatic carbocycles. The van der Waals surface area contributed by atoms with Crippen LogP contribution < -0.4 is 10.1 Å². The fourth-order valence-corrected chi connectivity index (χ4v) is 6.59. The van der Waals surface area contributed by atoms with Crippen molar-refractivity contribution in [3.05, 3.63) is 71.8 Å². The third-order valence-electron chi connectivity index (χ3n) is 8.00. The second-order valence-corrected chi connectivity index (χ2v) is 14.2. The molecule has 0 unspecified atom stereocenters. The van der Waals surface area contributed by atoms with Gasteiger partial charge in [0.1, 0.15) is 17.1 Å². The average molecular weight is 631 g/mol. The zero-order valence-corrected chi connectivity index (χ0v) is 26.8. The number of nitrogens with one attached hydrogen (secondary N) is 1. The van der Waals surface area contributed by atoms with Crippen LogP contribution in [-0.4, -0.2) is 51.5 Å². The minimum Gasteiger partial charge on any atom is -0.453 e. The number of nitrogens with zero attached hydrogens (tertiary/aromatic N) is 3. The summed E-state index contributed by atoms with van der Waals surface area (Å²) in [5, 5.41) is 2.99. The van der Waals surface area contributed by atoms with Crippen molar-refractivity contribution in [2.75, 3.05) is 13.1 Å². The number of ketones is 1. The van der Waals surface area contributed by atoms with Crippen molar-refractivity contribution in [2.24, 2.45) is 5.92 Å². The number of ether oxygens (including phenoxy) is 2. The van der Waals surface area contributed by atoms with Crippen molar-refractivity contribution in [2.45, 2.75) is 77.5 Å². The Morgan fingerprint density at radius 1 is 1.00 bits per heavy atom. The molecule has 1 N–H and O–H groups in total. The predicted molar refractivity (Wildman–Crippen MR) is 173 cm³/mol. The highest BCUT2D eigenvalue weighted by molar-refractivity contribution is 7.22. The van der Waals surface area contributed by atoms with Gasteiger partial charge in [0.15, 0.2) is 11.6 Å². The number of fused-ring (bicyclic) bond motifs is 1. The summed E-state index contributed by atoms with van der Waals surface area (Å²) in [6.45, 7) is 8.15. The molecule has 1 saturated heterocycles. The SMILES string of the molecule is CC(C)(C)OC(=O)NC1CCN(Cc2ccc(-c3cc4nccc(Oc5ccc(CC(=O)CC6CC6)cc5F)c4s3)nc2)CC1. The van der Waals surface area contributed by atoms with E-state index in [0.717, 1.165) is 71.7 Å². The quantitative estimate of drug-likeness (QED) is 0.192. The minimum atomic E-state index is -0.503. The Kier molecular flexibility index (Phi) is 9.14. The van der Waals surface area contributed by atoms with Crippen molar-refractivity contribution in [3.8, 4) is 22.1 Å². The van der Waals surface area contributed by atoms with Gasteiger partial charge in [-0.05, 0) is 87.8 Å². The molecule has 0 atom stereocenters. The van der Waals surface area contributed by atoms with Gasteiger partial charge in [-0.1, -0.05) is 12.1 Å². The number of hydrogen-bond donors (Lipinski definition) is 1. The first-order valence-corrected chi connectivity index (χ1v) is 16.4. The van der Waals surface area contributed by atoms with Crippen LogP contribution >= 0.6 is 11.3 Å². The number of carbonyl (C=O) groups is 2. The molecule has 2 fully saturated rings. The minimum absolute atomic E-state index is 0.114. The highest BCUT2D eigenvalue weighted by atomic mass is 32.1. The average Bonchev–Trinajstić information content (AvgIpc) is 3.68. The summed E-state index contributed by atoms with van der Waals surface area (Å²) >= 11 is 1.50. The molecule has 10 heteroatoms. The first-order chi connectivity index (χ1) is 21.6. The molecule has 3 aromatic heterocycles. The monoisotopic (exact) mass is 630 g/mol. The molecule has 0 radical (unpaired) electrons. The molecule has 8 nitrogen and oxygen atoms in total. The third kappa shape index (κ3) is 8.43. The van der Waals surface area contributed by atoms with E-state index in [1.165, 1.54) is 17.4 Å². The second-order valence-electron chi connectivity index (χ2n) is 13.1. The lowest BCUT2D eigenvalue weighted by molar-refractivity contribution is -0.118. The van der Waals surface area contributed by atoms with Crippen molar-refractivity contribution >= 4 is 33.4 Å². The van der Waals surface area contributed by atoms with E-state index < -0.39 is 11.4 Å².